The SMILES string of the molecule is O=C(Cn1c(=O)oc2cc(S(=O)(=O)N3CCCC3)ccc21)NC1CCCCCCC1. The molecule has 164 valence electrons. The lowest BCUT2D eigenvalue weighted by molar-refractivity contribution is -0.122. The van der Waals surface area contributed by atoms with E-state index in [1.807, 2.05) is 0 Å². The Bertz CT molecular complexity index is 1060. The van der Waals surface area contributed by atoms with Gasteiger partial charge in [-0.2, -0.15) is 4.31 Å². The van der Waals surface area contributed by atoms with Gasteiger partial charge in [-0.1, -0.05) is 32.1 Å². The zero-order valence-electron chi connectivity index (χ0n) is 17.1. The molecule has 1 amide bonds. The number of oxazole rings is 1. The third-order valence-corrected chi connectivity index (χ3v) is 8.01. The van der Waals surface area contributed by atoms with Crippen molar-refractivity contribution in [2.24, 2.45) is 0 Å². The Morgan fingerprint density at radius 1 is 1.03 bits per heavy atom. The van der Waals surface area contributed by atoms with E-state index < -0.39 is 15.8 Å². The fourth-order valence-corrected chi connectivity index (χ4v) is 5.98. The average Bonchev–Trinajstić information content (AvgIpc) is 3.33. The first-order valence-corrected chi connectivity index (χ1v) is 12.3. The summed E-state index contributed by atoms with van der Waals surface area (Å²) in [6.07, 6.45) is 9.48. The van der Waals surface area contributed by atoms with Gasteiger partial charge in [0.2, 0.25) is 15.9 Å². The first kappa shape index (κ1) is 21.1. The van der Waals surface area contributed by atoms with Crippen LogP contribution < -0.4 is 11.1 Å². The zero-order valence-corrected chi connectivity index (χ0v) is 18.0. The molecule has 4 rings (SSSR count). The molecule has 0 radical (unpaired) electrons. The van der Waals surface area contributed by atoms with Crippen molar-refractivity contribution in [2.45, 2.75) is 75.3 Å². The number of hydrogen-bond donors (Lipinski definition) is 1. The van der Waals surface area contributed by atoms with Crippen molar-refractivity contribution < 1.29 is 17.6 Å². The summed E-state index contributed by atoms with van der Waals surface area (Å²) in [4.78, 5) is 25.0. The van der Waals surface area contributed by atoms with Crippen LogP contribution in [0.3, 0.4) is 0 Å². The van der Waals surface area contributed by atoms with Crippen molar-refractivity contribution >= 4 is 27.0 Å². The van der Waals surface area contributed by atoms with Gasteiger partial charge < -0.3 is 9.73 Å². The second-order valence-corrected chi connectivity index (χ2v) is 10.2. The predicted octanol–water partition coefficient (Wildman–Crippen LogP) is 2.61. The van der Waals surface area contributed by atoms with E-state index in [0.717, 1.165) is 38.5 Å². The van der Waals surface area contributed by atoms with Gasteiger partial charge in [0.15, 0.2) is 5.58 Å². The molecule has 0 atom stereocenters. The van der Waals surface area contributed by atoms with Crippen LogP contribution in [-0.4, -0.2) is 42.3 Å². The van der Waals surface area contributed by atoms with Crippen LogP contribution in [0.4, 0.5) is 0 Å². The summed E-state index contributed by atoms with van der Waals surface area (Å²) >= 11 is 0. The van der Waals surface area contributed by atoms with Gasteiger partial charge in [0.25, 0.3) is 0 Å². The Morgan fingerprint density at radius 2 is 1.70 bits per heavy atom. The summed E-state index contributed by atoms with van der Waals surface area (Å²) in [5.41, 5.74) is 0.604. The molecule has 8 nitrogen and oxygen atoms in total. The maximum absolute atomic E-state index is 12.8. The van der Waals surface area contributed by atoms with Crippen LogP contribution in [-0.2, 0) is 21.4 Å². The third-order valence-electron chi connectivity index (χ3n) is 6.11. The van der Waals surface area contributed by atoms with Gasteiger partial charge in [-0.15, -0.1) is 0 Å². The monoisotopic (exact) mass is 435 g/mol. The molecule has 2 fully saturated rings. The van der Waals surface area contributed by atoms with E-state index in [-0.39, 0.29) is 29.0 Å². The largest absolute Gasteiger partial charge is 0.420 e. The molecular weight excluding hydrogens is 406 g/mol. The number of rotatable bonds is 5. The van der Waals surface area contributed by atoms with Gasteiger partial charge >= 0.3 is 5.76 Å². The predicted molar refractivity (Wildman–Crippen MR) is 113 cm³/mol. The minimum Gasteiger partial charge on any atom is -0.408 e. The Hall–Kier alpha value is -2.13. The topological polar surface area (TPSA) is 102 Å². The second-order valence-electron chi connectivity index (χ2n) is 8.30. The Labute approximate surface area is 176 Å². The molecule has 1 aromatic heterocycles. The summed E-state index contributed by atoms with van der Waals surface area (Å²) in [6.45, 7) is 0.875. The minimum absolute atomic E-state index is 0.108. The summed E-state index contributed by atoms with van der Waals surface area (Å²) in [6, 6.07) is 4.55. The molecule has 0 spiro atoms. The second kappa shape index (κ2) is 8.93. The van der Waals surface area contributed by atoms with E-state index in [2.05, 4.69) is 5.32 Å². The number of nitrogens with one attached hydrogen (secondary N) is 1. The number of nitrogens with zero attached hydrogens (tertiary/aromatic N) is 2. The lowest BCUT2D eigenvalue weighted by Gasteiger charge is -2.21. The van der Waals surface area contributed by atoms with Crippen molar-refractivity contribution in [3.8, 4) is 0 Å². The van der Waals surface area contributed by atoms with Crippen molar-refractivity contribution in [1.29, 1.82) is 0 Å². The van der Waals surface area contributed by atoms with E-state index in [0.29, 0.717) is 18.6 Å². The van der Waals surface area contributed by atoms with E-state index in [9.17, 15) is 18.0 Å². The molecule has 0 unspecified atom stereocenters. The highest BCUT2D eigenvalue weighted by Crippen LogP contribution is 2.24. The van der Waals surface area contributed by atoms with Crippen LogP contribution in [0.25, 0.3) is 11.1 Å². The zero-order chi connectivity index (χ0) is 21.1. The highest BCUT2D eigenvalue weighted by molar-refractivity contribution is 7.89. The number of aromatic nitrogens is 1. The lowest BCUT2D eigenvalue weighted by atomic mass is 9.97. The molecule has 2 aliphatic rings. The fourth-order valence-electron chi connectivity index (χ4n) is 4.45. The summed E-state index contributed by atoms with van der Waals surface area (Å²) in [5.74, 6) is -0.882. The standard InChI is InChI=1S/C21H29N3O5S/c25-20(22-16-8-4-2-1-3-5-9-16)15-24-18-11-10-17(14-19(18)29-21(24)26)30(27,28)23-12-6-7-13-23/h10-11,14,16H,1-9,12-13,15H2,(H,22,25). The van der Waals surface area contributed by atoms with Crippen LogP contribution in [0.2, 0.25) is 0 Å². The number of amides is 1. The number of fused-ring (bicyclic) bond motifs is 1. The first-order chi connectivity index (χ1) is 14.4. The maximum Gasteiger partial charge on any atom is 0.420 e. The van der Waals surface area contributed by atoms with Crippen molar-refractivity contribution in [1.82, 2.24) is 14.2 Å². The molecule has 1 saturated carbocycles. The Morgan fingerprint density at radius 3 is 2.40 bits per heavy atom. The van der Waals surface area contributed by atoms with Gasteiger partial charge in [-0.3, -0.25) is 9.36 Å². The summed E-state index contributed by atoms with van der Waals surface area (Å²) in [7, 11) is -3.60. The van der Waals surface area contributed by atoms with Crippen LogP contribution in [0, 0.1) is 0 Å². The molecule has 2 aromatic rings. The normalized spacial score (nSPS) is 19.6. The van der Waals surface area contributed by atoms with Gasteiger partial charge in [0.1, 0.15) is 6.54 Å². The number of hydrogen-bond acceptors (Lipinski definition) is 5. The van der Waals surface area contributed by atoms with E-state index >= 15 is 0 Å². The number of carbonyl (C=O) groups is 1. The summed E-state index contributed by atoms with van der Waals surface area (Å²) in [5, 5.41) is 3.05. The number of carbonyl (C=O) groups excluding carboxylic acids is 1. The molecule has 1 aromatic carbocycles. The third kappa shape index (κ3) is 4.46. The van der Waals surface area contributed by atoms with Crippen LogP contribution in [0.1, 0.15) is 57.8 Å². The lowest BCUT2D eigenvalue weighted by Crippen LogP contribution is -2.38. The van der Waals surface area contributed by atoms with Gasteiger partial charge in [0, 0.05) is 25.2 Å². The highest BCUT2D eigenvalue weighted by Gasteiger charge is 2.28. The van der Waals surface area contributed by atoms with Crippen molar-refractivity contribution in [3.63, 3.8) is 0 Å². The van der Waals surface area contributed by atoms with Gasteiger partial charge in [0.05, 0.1) is 10.4 Å². The smallest absolute Gasteiger partial charge is 0.408 e. The van der Waals surface area contributed by atoms with Crippen LogP contribution in [0.15, 0.2) is 32.3 Å². The highest BCUT2D eigenvalue weighted by atomic mass is 32.2. The molecule has 1 aliphatic carbocycles. The van der Waals surface area contributed by atoms with Gasteiger partial charge in [-0.25, -0.2) is 13.2 Å². The Balaban J connectivity index is 1.51. The van der Waals surface area contributed by atoms with E-state index in [4.69, 9.17) is 4.42 Å². The fraction of sp³-hybridized carbons (Fsp3) is 0.619. The quantitative estimate of drug-likeness (QED) is 0.778. The molecule has 30 heavy (non-hydrogen) atoms. The Kier molecular flexibility index (Phi) is 6.29. The maximum atomic E-state index is 12.8. The molecule has 1 saturated heterocycles. The number of sulfonamides is 1. The van der Waals surface area contributed by atoms with Crippen LogP contribution >= 0.6 is 0 Å². The van der Waals surface area contributed by atoms with Gasteiger partial charge in [-0.05, 0) is 37.8 Å². The van der Waals surface area contributed by atoms with Crippen LogP contribution in [0.5, 0.6) is 0 Å². The molecule has 9 heteroatoms. The first-order valence-electron chi connectivity index (χ1n) is 10.9. The van der Waals surface area contributed by atoms with Crippen molar-refractivity contribution in [2.75, 3.05) is 13.1 Å². The average molecular weight is 436 g/mol. The van der Waals surface area contributed by atoms with E-state index in [1.165, 1.54) is 40.3 Å². The molecule has 1 aliphatic heterocycles. The molecule has 2 heterocycles. The molecular formula is C21H29N3O5S. The van der Waals surface area contributed by atoms with Crippen molar-refractivity contribution in [3.05, 3.63) is 28.7 Å². The molecule has 0 bridgehead atoms. The number of benzene rings is 1. The minimum atomic E-state index is -3.60. The molecule has 1 N–H and O–H groups in total. The van der Waals surface area contributed by atoms with E-state index in [1.54, 1.807) is 6.07 Å². The summed E-state index contributed by atoms with van der Waals surface area (Å²) < 4.78 is 33.5.